The van der Waals surface area contributed by atoms with Gasteiger partial charge in [-0.3, -0.25) is 9.69 Å². The highest BCUT2D eigenvalue weighted by Gasteiger charge is 2.14. The van der Waals surface area contributed by atoms with E-state index in [4.69, 9.17) is 4.74 Å². The van der Waals surface area contributed by atoms with Crippen LogP contribution < -0.4 is 5.43 Å². The number of ether oxygens (including phenoxy) is 1. The third-order valence-corrected chi connectivity index (χ3v) is 3.94. The van der Waals surface area contributed by atoms with Crippen molar-refractivity contribution >= 4 is 0 Å². The summed E-state index contributed by atoms with van der Waals surface area (Å²) in [5, 5.41) is 9.70. The Morgan fingerprint density at radius 3 is 2.68 bits per heavy atom. The highest BCUT2D eigenvalue weighted by atomic mass is 16.5. The van der Waals surface area contributed by atoms with E-state index >= 15 is 0 Å². The van der Waals surface area contributed by atoms with Gasteiger partial charge < -0.3 is 19.3 Å². The van der Waals surface area contributed by atoms with Crippen LogP contribution in [-0.4, -0.2) is 66.4 Å². The molecule has 1 aliphatic heterocycles. The molecule has 22 heavy (non-hydrogen) atoms. The third-order valence-electron chi connectivity index (χ3n) is 3.94. The molecule has 0 bridgehead atoms. The lowest BCUT2D eigenvalue weighted by atomic mass is 10.2. The molecule has 0 spiro atoms. The first-order valence-corrected chi connectivity index (χ1v) is 7.93. The Labute approximate surface area is 131 Å². The highest BCUT2D eigenvalue weighted by molar-refractivity contribution is 5.20. The van der Waals surface area contributed by atoms with Crippen molar-refractivity contribution in [2.45, 2.75) is 25.9 Å². The number of hydrogen-bond donors (Lipinski definition) is 1. The molecule has 0 aromatic carbocycles. The number of aromatic hydroxyl groups is 1. The second-order valence-electron chi connectivity index (χ2n) is 6.11. The summed E-state index contributed by atoms with van der Waals surface area (Å²) in [6, 6.07) is 1.57. The fraction of sp³-hybridized carbons (Fsp3) is 0.688. The Bertz CT molecular complexity index is 522. The Hall–Kier alpha value is -1.37. The standard InChI is InChI=1S/C16H27N3O3/c1-17(2)5-3-4-6-19-13-16(21)15(20)11-14(19)12-18-7-9-22-10-8-18/h11,13,21H,3-10,12H2,1-2H3. The van der Waals surface area contributed by atoms with Crippen molar-refractivity contribution in [3.63, 3.8) is 0 Å². The maximum Gasteiger partial charge on any atom is 0.223 e. The maximum absolute atomic E-state index is 11.7. The van der Waals surface area contributed by atoms with E-state index < -0.39 is 0 Å². The van der Waals surface area contributed by atoms with Gasteiger partial charge in [0, 0.05) is 37.9 Å². The SMILES string of the molecule is CN(C)CCCCn1cc(O)c(=O)cc1CN1CCOCC1. The number of rotatable bonds is 7. The van der Waals surface area contributed by atoms with Crippen LogP contribution in [0, 0.1) is 0 Å². The highest BCUT2D eigenvalue weighted by Crippen LogP contribution is 2.11. The average Bonchev–Trinajstić information content (AvgIpc) is 2.49. The Morgan fingerprint density at radius 2 is 2.00 bits per heavy atom. The summed E-state index contributed by atoms with van der Waals surface area (Å²) in [6.07, 6.45) is 3.70. The van der Waals surface area contributed by atoms with Gasteiger partial charge in [0.05, 0.1) is 19.4 Å². The Kier molecular flexibility index (Phi) is 6.42. The van der Waals surface area contributed by atoms with Crippen LogP contribution in [0.2, 0.25) is 0 Å². The number of aromatic nitrogens is 1. The van der Waals surface area contributed by atoms with E-state index in [9.17, 15) is 9.90 Å². The molecule has 0 radical (unpaired) electrons. The van der Waals surface area contributed by atoms with Crippen LogP contribution in [0.15, 0.2) is 17.1 Å². The van der Waals surface area contributed by atoms with Gasteiger partial charge in [-0.05, 0) is 33.5 Å². The van der Waals surface area contributed by atoms with Gasteiger partial charge >= 0.3 is 0 Å². The van der Waals surface area contributed by atoms with E-state index in [0.29, 0.717) is 0 Å². The van der Waals surface area contributed by atoms with E-state index in [2.05, 4.69) is 23.9 Å². The van der Waals surface area contributed by atoms with Crippen LogP contribution in [0.1, 0.15) is 18.5 Å². The van der Waals surface area contributed by atoms with Crippen molar-refractivity contribution in [1.29, 1.82) is 0 Å². The van der Waals surface area contributed by atoms with Crippen molar-refractivity contribution in [1.82, 2.24) is 14.4 Å². The lowest BCUT2D eigenvalue weighted by Gasteiger charge is -2.27. The molecule has 6 heteroatoms. The monoisotopic (exact) mass is 309 g/mol. The minimum atomic E-state index is -0.298. The zero-order valence-corrected chi connectivity index (χ0v) is 13.6. The zero-order chi connectivity index (χ0) is 15.9. The molecule has 1 saturated heterocycles. The van der Waals surface area contributed by atoms with Crippen molar-refractivity contribution < 1.29 is 9.84 Å². The Balaban J connectivity index is 2.02. The van der Waals surface area contributed by atoms with Gasteiger partial charge in [0.2, 0.25) is 5.43 Å². The lowest BCUT2D eigenvalue weighted by Crippen LogP contribution is -2.36. The van der Waals surface area contributed by atoms with Gasteiger partial charge in [-0.1, -0.05) is 0 Å². The first kappa shape index (κ1) is 17.0. The van der Waals surface area contributed by atoms with E-state index in [1.165, 1.54) is 0 Å². The quantitative estimate of drug-likeness (QED) is 0.753. The summed E-state index contributed by atoms with van der Waals surface area (Å²) < 4.78 is 7.37. The normalized spacial score (nSPS) is 16.3. The number of unbranched alkanes of at least 4 members (excludes halogenated alkanes) is 1. The van der Waals surface area contributed by atoms with Crippen molar-refractivity contribution in [2.75, 3.05) is 46.9 Å². The molecule has 1 N–H and O–H groups in total. The maximum atomic E-state index is 11.7. The van der Waals surface area contributed by atoms with Crippen LogP contribution in [-0.2, 0) is 17.8 Å². The smallest absolute Gasteiger partial charge is 0.223 e. The van der Waals surface area contributed by atoms with Gasteiger partial charge in [0.25, 0.3) is 0 Å². The molecule has 1 aromatic heterocycles. The van der Waals surface area contributed by atoms with E-state index in [0.717, 1.165) is 64.5 Å². The van der Waals surface area contributed by atoms with Crippen LogP contribution in [0.3, 0.4) is 0 Å². The van der Waals surface area contributed by atoms with Gasteiger partial charge in [0.15, 0.2) is 5.75 Å². The largest absolute Gasteiger partial charge is 0.503 e. The second-order valence-corrected chi connectivity index (χ2v) is 6.11. The van der Waals surface area contributed by atoms with E-state index in [1.807, 2.05) is 4.57 Å². The van der Waals surface area contributed by atoms with Gasteiger partial charge in [-0.25, -0.2) is 0 Å². The first-order valence-electron chi connectivity index (χ1n) is 7.93. The topological polar surface area (TPSA) is 57.9 Å². The van der Waals surface area contributed by atoms with Crippen molar-refractivity contribution in [3.8, 4) is 5.75 Å². The number of hydrogen-bond acceptors (Lipinski definition) is 5. The molecule has 2 rings (SSSR count). The fourth-order valence-electron chi connectivity index (χ4n) is 2.65. The third kappa shape index (κ3) is 5.12. The molecule has 1 fully saturated rings. The predicted octanol–water partition coefficient (Wildman–Crippen LogP) is 0.728. The molecule has 0 atom stereocenters. The number of pyridine rings is 1. The van der Waals surface area contributed by atoms with Gasteiger partial charge in [-0.15, -0.1) is 0 Å². The molecule has 0 saturated carbocycles. The zero-order valence-electron chi connectivity index (χ0n) is 13.6. The molecular weight excluding hydrogens is 282 g/mol. The fourth-order valence-corrected chi connectivity index (χ4v) is 2.65. The predicted molar refractivity (Wildman–Crippen MR) is 86.3 cm³/mol. The lowest BCUT2D eigenvalue weighted by molar-refractivity contribution is 0.0330. The molecule has 6 nitrogen and oxygen atoms in total. The van der Waals surface area contributed by atoms with Crippen LogP contribution in [0.25, 0.3) is 0 Å². The molecule has 2 heterocycles. The average molecular weight is 309 g/mol. The van der Waals surface area contributed by atoms with Crippen molar-refractivity contribution in [3.05, 3.63) is 28.2 Å². The van der Waals surface area contributed by atoms with E-state index in [1.54, 1.807) is 12.3 Å². The molecule has 1 aromatic rings. The molecule has 0 amide bonds. The van der Waals surface area contributed by atoms with Gasteiger partial charge in [-0.2, -0.15) is 0 Å². The van der Waals surface area contributed by atoms with Crippen LogP contribution in [0.5, 0.6) is 5.75 Å². The van der Waals surface area contributed by atoms with Crippen LogP contribution >= 0.6 is 0 Å². The van der Waals surface area contributed by atoms with Gasteiger partial charge in [0.1, 0.15) is 0 Å². The molecule has 124 valence electrons. The summed E-state index contributed by atoms with van der Waals surface area (Å²) in [7, 11) is 4.13. The first-order chi connectivity index (χ1) is 10.6. The molecular formula is C16H27N3O3. The summed E-state index contributed by atoms with van der Waals surface area (Å²) in [5.41, 5.74) is 0.669. The van der Waals surface area contributed by atoms with Crippen molar-refractivity contribution in [2.24, 2.45) is 0 Å². The summed E-state index contributed by atoms with van der Waals surface area (Å²) in [4.78, 5) is 16.2. The van der Waals surface area contributed by atoms with Crippen LogP contribution in [0.4, 0.5) is 0 Å². The summed E-state index contributed by atoms with van der Waals surface area (Å²) in [6.45, 7) is 5.85. The van der Waals surface area contributed by atoms with E-state index in [-0.39, 0.29) is 11.2 Å². The number of aryl methyl sites for hydroxylation is 1. The Morgan fingerprint density at radius 1 is 1.27 bits per heavy atom. The second kappa shape index (κ2) is 8.31. The molecule has 0 aliphatic carbocycles. The molecule has 1 aliphatic rings. The molecule has 0 unspecified atom stereocenters. The minimum absolute atomic E-state index is 0.168. The number of morpholine rings is 1. The summed E-state index contributed by atoms with van der Waals surface area (Å²) >= 11 is 0. The summed E-state index contributed by atoms with van der Waals surface area (Å²) in [5.74, 6) is -0.168. The number of nitrogens with zero attached hydrogens (tertiary/aromatic N) is 3. The minimum Gasteiger partial charge on any atom is -0.503 e.